The lowest BCUT2D eigenvalue weighted by Gasteiger charge is -1.97. The van der Waals surface area contributed by atoms with Gasteiger partial charge in [0.1, 0.15) is 11.4 Å². The zero-order valence-corrected chi connectivity index (χ0v) is 7.47. The largest absolute Gasteiger partial charge is 0.369 e. The Kier molecular flexibility index (Phi) is 3.04. The molecule has 1 heterocycles. The first-order valence-corrected chi connectivity index (χ1v) is 4.37. The number of aromatic nitrogens is 2. The van der Waals surface area contributed by atoms with Crippen molar-refractivity contribution >= 4 is 17.7 Å². The van der Waals surface area contributed by atoms with E-state index >= 15 is 0 Å². The molecule has 1 aromatic heterocycles. The number of hydrogen-bond donors (Lipinski definition) is 1. The smallest absolute Gasteiger partial charge is 0.227 e. The van der Waals surface area contributed by atoms with Crippen LogP contribution in [0.1, 0.15) is 5.69 Å². The summed E-state index contributed by atoms with van der Waals surface area (Å²) in [6, 6.07) is 1.81. The summed E-state index contributed by atoms with van der Waals surface area (Å²) in [6.45, 7) is 1.87. The fraction of sp³-hybridized carbons (Fsp3) is 0.286. The van der Waals surface area contributed by atoms with Crippen LogP contribution >= 0.6 is 11.8 Å². The van der Waals surface area contributed by atoms with Crippen LogP contribution in [0.2, 0.25) is 0 Å². The molecule has 2 N–H and O–H groups in total. The van der Waals surface area contributed by atoms with E-state index in [1.165, 1.54) is 18.1 Å². The van der Waals surface area contributed by atoms with Crippen molar-refractivity contribution in [2.45, 2.75) is 11.9 Å². The fourth-order valence-electron chi connectivity index (χ4n) is 0.654. The van der Waals surface area contributed by atoms with Crippen LogP contribution in [0, 0.1) is 6.92 Å². The second kappa shape index (κ2) is 4.06. The van der Waals surface area contributed by atoms with E-state index in [0.717, 1.165) is 10.7 Å². The van der Waals surface area contributed by atoms with Crippen LogP contribution in [0.15, 0.2) is 17.4 Å². The molecule has 4 nitrogen and oxygen atoms in total. The molecule has 12 heavy (non-hydrogen) atoms. The molecule has 0 aliphatic carbocycles. The maximum absolute atomic E-state index is 10.4. The van der Waals surface area contributed by atoms with E-state index in [0.29, 0.717) is 0 Å². The van der Waals surface area contributed by atoms with Crippen LogP contribution in [0.4, 0.5) is 0 Å². The van der Waals surface area contributed by atoms with Crippen molar-refractivity contribution in [2.75, 3.05) is 5.75 Å². The van der Waals surface area contributed by atoms with Crippen LogP contribution in [-0.4, -0.2) is 21.6 Å². The number of carbonyl (C=O) groups is 1. The van der Waals surface area contributed by atoms with Crippen LogP contribution in [0.25, 0.3) is 0 Å². The van der Waals surface area contributed by atoms with Gasteiger partial charge < -0.3 is 5.73 Å². The number of nitrogens with zero attached hydrogens (tertiary/aromatic N) is 2. The number of primary amides is 1. The van der Waals surface area contributed by atoms with Gasteiger partial charge in [0.15, 0.2) is 0 Å². The molecule has 0 spiro atoms. The number of rotatable bonds is 3. The molecule has 1 rings (SSSR count). The van der Waals surface area contributed by atoms with Crippen molar-refractivity contribution in [2.24, 2.45) is 5.73 Å². The molecular formula is C7H9N3OS. The summed E-state index contributed by atoms with van der Waals surface area (Å²) in [5.41, 5.74) is 5.86. The SMILES string of the molecule is Cc1cc(SCC(N)=O)ncn1. The van der Waals surface area contributed by atoms with Gasteiger partial charge in [-0.3, -0.25) is 4.79 Å². The molecule has 0 atom stereocenters. The molecule has 0 bridgehead atoms. The minimum absolute atomic E-state index is 0.260. The van der Waals surface area contributed by atoms with Gasteiger partial charge in [-0.15, -0.1) is 0 Å². The molecule has 1 aromatic rings. The Morgan fingerprint density at radius 2 is 2.42 bits per heavy atom. The Labute approximate surface area is 74.6 Å². The molecule has 0 saturated heterocycles. The van der Waals surface area contributed by atoms with E-state index in [9.17, 15) is 4.79 Å². The molecule has 0 radical (unpaired) electrons. The molecular weight excluding hydrogens is 174 g/mol. The standard InChI is InChI=1S/C7H9N3OS/c1-5-2-7(10-4-9-5)12-3-6(8)11/h2,4H,3H2,1H3,(H2,8,11). The van der Waals surface area contributed by atoms with E-state index in [-0.39, 0.29) is 11.7 Å². The van der Waals surface area contributed by atoms with Crippen LogP contribution < -0.4 is 5.73 Å². The summed E-state index contributed by atoms with van der Waals surface area (Å²) in [4.78, 5) is 18.3. The van der Waals surface area contributed by atoms with Crippen molar-refractivity contribution in [3.8, 4) is 0 Å². The molecule has 64 valence electrons. The average Bonchev–Trinajstić information content (AvgIpc) is 2.01. The number of aryl methyl sites for hydroxylation is 1. The number of nitrogens with two attached hydrogens (primary N) is 1. The van der Waals surface area contributed by atoms with Gasteiger partial charge in [0.05, 0.1) is 5.75 Å². The number of thioether (sulfide) groups is 1. The second-order valence-electron chi connectivity index (χ2n) is 2.25. The van der Waals surface area contributed by atoms with Crippen LogP contribution in [0.5, 0.6) is 0 Å². The monoisotopic (exact) mass is 183 g/mol. The Morgan fingerprint density at radius 3 is 3.00 bits per heavy atom. The van der Waals surface area contributed by atoms with Gasteiger partial charge in [-0.2, -0.15) is 0 Å². The summed E-state index contributed by atoms with van der Waals surface area (Å²) in [6.07, 6.45) is 1.47. The third kappa shape index (κ3) is 2.87. The van der Waals surface area contributed by atoms with Gasteiger partial charge in [-0.1, -0.05) is 11.8 Å². The van der Waals surface area contributed by atoms with Crippen LogP contribution in [0.3, 0.4) is 0 Å². The Hall–Kier alpha value is -1.10. The summed E-state index contributed by atoms with van der Waals surface area (Å²) in [7, 11) is 0. The summed E-state index contributed by atoms with van der Waals surface area (Å²) in [5, 5.41) is 0.779. The van der Waals surface area contributed by atoms with E-state index in [2.05, 4.69) is 9.97 Å². The number of hydrogen-bond acceptors (Lipinski definition) is 4. The van der Waals surface area contributed by atoms with Crippen molar-refractivity contribution in [1.82, 2.24) is 9.97 Å². The molecule has 5 heteroatoms. The van der Waals surface area contributed by atoms with E-state index in [1.807, 2.05) is 13.0 Å². The minimum atomic E-state index is -0.337. The van der Waals surface area contributed by atoms with Crippen molar-refractivity contribution in [1.29, 1.82) is 0 Å². The maximum atomic E-state index is 10.4. The minimum Gasteiger partial charge on any atom is -0.369 e. The number of carbonyl (C=O) groups excluding carboxylic acids is 1. The summed E-state index contributed by atoms with van der Waals surface area (Å²) < 4.78 is 0. The van der Waals surface area contributed by atoms with Crippen molar-refractivity contribution < 1.29 is 4.79 Å². The quantitative estimate of drug-likeness (QED) is 0.542. The first kappa shape index (κ1) is 8.99. The summed E-state index contributed by atoms with van der Waals surface area (Å²) >= 11 is 1.32. The van der Waals surface area contributed by atoms with Gasteiger partial charge in [0.25, 0.3) is 0 Å². The zero-order valence-electron chi connectivity index (χ0n) is 6.65. The lowest BCUT2D eigenvalue weighted by molar-refractivity contribution is -0.115. The first-order chi connectivity index (χ1) is 5.68. The Balaban J connectivity index is 2.57. The highest BCUT2D eigenvalue weighted by molar-refractivity contribution is 7.99. The van der Waals surface area contributed by atoms with E-state index < -0.39 is 0 Å². The van der Waals surface area contributed by atoms with E-state index in [4.69, 9.17) is 5.73 Å². The molecule has 0 saturated carbocycles. The van der Waals surface area contributed by atoms with Gasteiger partial charge in [0, 0.05) is 5.69 Å². The van der Waals surface area contributed by atoms with E-state index in [1.54, 1.807) is 0 Å². The maximum Gasteiger partial charge on any atom is 0.227 e. The third-order valence-corrected chi connectivity index (χ3v) is 2.09. The van der Waals surface area contributed by atoms with Gasteiger partial charge in [-0.25, -0.2) is 9.97 Å². The Bertz CT molecular complexity index is 290. The average molecular weight is 183 g/mol. The third-order valence-electron chi connectivity index (χ3n) is 1.14. The predicted molar refractivity (Wildman–Crippen MR) is 46.7 cm³/mol. The normalized spacial score (nSPS) is 9.75. The molecule has 1 amide bonds. The fourth-order valence-corrected chi connectivity index (χ4v) is 1.32. The molecule has 0 fully saturated rings. The molecule has 0 aliphatic rings. The highest BCUT2D eigenvalue weighted by Gasteiger charge is 1.98. The predicted octanol–water partition coefficient (Wildman–Crippen LogP) is 0.362. The van der Waals surface area contributed by atoms with Crippen molar-refractivity contribution in [3.05, 3.63) is 18.1 Å². The van der Waals surface area contributed by atoms with Gasteiger partial charge in [0.2, 0.25) is 5.91 Å². The Morgan fingerprint density at radius 1 is 1.67 bits per heavy atom. The molecule has 0 aliphatic heterocycles. The lowest BCUT2D eigenvalue weighted by Crippen LogP contribution is -2.13. The second-order valence-corrected chi connectivity index (χ2v) is 3.25. The highest BCUT2D eigenvalue weighted by Crippen LogP contribution is 2.13. The van der Waals surface area contributed by atoms with Gasteiger partial charge in [-0.05, 0) is 13.0 Å². The highest BCUT2D eigenvalue weighted by atomic mass is 32.2. The van der Waals surface area contributed by atoms with Crippen LogP contribution in [-0.2, 0) is 4.79 Å². The molecule has 0 unspecified atom stereocenters. The topological polar surface area (TPSA) is 68.9 Å². The van der Waals surface area contributed by atoms with Gasteiger partial charge >= 0.3 is 0 Å². The first-order valence-electron chi connectivity index (χ1n) is 3.38. The zero-order chi connectivity index (χ0) is 8.97. The molecule has 0 aromatic carbocycles. The van der Waals surface area contributed by atoms with Crippen molar-refractivity contribution in [3.63, 3.8) is 0 Å². The summed E-state index contributed by atoms with van der Waals surface area (Å²) in [5.74, 6) is -0.0764. The lowest BCUT2D eigenvalue weighted by atomic mass is 10.5. The number of amides is 1.